The van der Waals surface area contributed by atoms with E-state index in [1.807, 2.05) is 0 Å². The summed E-state index contributed by atoms with van der Waals surface area (Å²) in [4.78, 5) is 0. The molecule has 0 aliphatic carbocycles. The van der Waals surface area contributed by atoms with Crippen LogP contribution in [0.15, 0.2) is 0 Å². The quantitative estimate of drug-likeness (QED) is 0.380. The molecule has 0 aliphatic heterocycles. The molecule has 0 unspecified atom stereocenters. The first-order valence-electron chi connectivity index (χ1n) is 0.707. The maximum atomic E-state index is 8.42. The number of rotatable bonds is 0. The van der Waals surface area contributed by atoms with Gasteiger partial charge in [-0.2, -0.15) is 0 Å². The standard InChI is InChI=1S/BO3.Cu.3Na.2H2O/c2-1(3)4;;;;;;/h;;;;;2*1H2/q-3;;3*+1;;. The summed E-state index contributed by atoms with van der Waals surface area (Å²) in [5, 5.41) is 25.2. The van der Waals surface area contributed by atoms with E-state index in [1.165, 1.54) is 0 Å². The van der Waals surface area contributed by atoms with Gasteiger partial charge in [-0.25, -0.2) is 0 Å². The maximum Gasteiger partial charge on any atom is 1.00 e. The van der Waals surface area contributed by atoms with Gasteiger partial charge in [0.05, 0.1) is 0 Å². The van der Waals surface area contributed by atoms with Crippen molar-refractivity contribution in [3.05, 3.63) is 0 Å². The molecule has 0 heterocycles. The zero-order valence-corrected chi connectivity index (χ0v) is 13.0. The van der Waals surface area contributed by atoms with Crippen molar-refractivity contribution in [1.82, 2.24) is 0 Å². The molecular weight excluding hydrogens is 223 g/mol. The Balaban J connectivity index is -0.00000000300. The molecule has 0 saturated heterocycles. The third-order valence-corrected chi connectivity index (χ3v) is 0. The van der Waals surface area contributed by atoms with Crippen LogP contribution in [0.2, 0.25) is 0 Å². The van der Waals surface area contributed by atoms with Crippen molar-refractivity contribution in [2.24, 2.45) is 0 Å². The maximum absolute atomic E-state index is 8.42. The van der Waals surface area contributed by atoms with Crippen molar-refractivity contribution in [3.63, 3.8) is 0 Å². The fourth-order valence-corrected chi connectivity index (χ4v) is 0. The van der Waals surface area contributed by atoms with E-state index in [0.717, 1.165) is 0 Å². The second-order valence-electron chi connectivity index (χ2n) is 0.289. The Bertz CT molecular complexity index is 21.6. The van der Waals surface area contributed by atoms with Crippen LogP contribution in [-0.4, -0.2) is 18.3 Å². The van der Waals surface area contributed by atoms with Crippen LogP contribution in [0, 0.1) is 0 Å². The SMILES string of the molecule is O.O.[Cu].[Na+].[Na+].[Na+].[O-]B([O-])[O-]. The minimum atomic E-state index is -2.92. The Morgan fingerprint density at radius 1 is 0.700 bits per heavy atom. The van der Waals surface area contributed by atoms with Crippen LogP contribution < -0.4 is 104 Å². The summed E-state index contributed by atoms with van der Waals surface area (Å²) in [5.41, 5.74) is 0. The molecule has 0 spiro atoms. The Morgan fingerprint density at radius 3 is 0.700 bits per heavy atom. The van der Waals surface area contributed by atoms with E-state index < -0.39 is 7.32 Å². The molecule has 0 aliphatic rings. The number of hydrogen-bond donors (Lipinski definition) is 0. The minimum absolute atomic E-state index is 0. The van der Waals surface area contributed by atoms with Gasteiger partial charge in [-0.05, 0) is 0 Å². The van der Waals surface area contributed by atoms with Crippen molar-refractivity contribution in [3.8, 4) is 0 Å². The molecule has 4 N–H and O–H groups in total. The third-order valence-electron chi connectivity index (χ3n) is 0. The summed E-state index contributed by atoms with van der Waals surface area (Å²) in [6.45, 7) is 0. The van der Waals surface area contributed by atoms with Crippen LogP contribution in [-0.2, 0) is 17.1 Å². The molecule has 0 amide bonds. The average Bonchev–Trinajstić information content (AvgIpc) is 0.811. The summed E-state index contributed by atoms with van der Waals surface area (Å²) in [5.74, 6) is 0. The van der Waals surface area contributed by atoms with Gasteiger partial charge in [0.25, 0.3) is 0 Å². The molecule has 0 atom stereocenters. The first kappa shape index (κ1) is 50.4. The van der Waals surface area contributed by atoms with Gasteiger partial charge in [0, 0.05) is 17.1 Å². The monoisotopic (exact) mass is 227 g/mol. The zero-order valence-electron chi connectivity index (χ0n) is 6.10. The first-order valence-corrected chi connectivity index (χ1v) is 0.707. The Kier molecular flexibility index (Phi) is 198. The van der Waals surface area contributed by atoms with Crippen molar-refractivity contribution in [2.45, 2.75) is 0 Å². The van der Waals surface area contributed by atoms with E-state index in [1.54, 1.807) is 0 Å². The van der Waals surface area contributed by atoms with Crippen molar-refractivity contribution >= 4 is 7.32 Å². The Morgan fingerprint density at radius 2 is 0.700 bits per heavy atom. The normalized spacial score (nSPS) is 2.70. The molecule has 0 aromatic carbocycles. The van der Waals surface area contributed by atoms with Gasteiger partial charge in [-0.3, -0.25) is 7.32 Å². The van der Waals surface area contributed by atoms with E-state index >= 15 is 0 Å². The molecule has 0 aromatic heterocycles. The predicted molar refractivity (Wildman–Crippen MR) is 13.0 cm³/mol. The molecule has 5 nitrogen and oxygen atoms in total. The van der Waals surface area contributed by atoms with Gasteiger partial charge in [0.1, 0.15) is 0 Å². The summed E-state index contributed by atoms with van der Waals surface area (Å²) in [7, 11) is -2.92. The molecule has 0 bridgehead atoms. The molecule has 0 aromatic rings. The third kappa shape index (κ3) is 107. The Hall–Kier alpha value is 3.38. The molecule has 10 heteroatoms. The molecular formula is H4BCuNa3O5. The van der Waals surface area contributed by atoms with Crippen molar-refractivity contribution in [1.29, 1.82) is 0 Å². The van der Waals surface area contributed by atoms with Crippen molar-refractivity contribution < 1.29 is 132 Å². The van der Waals surface area contributed by atoms with Crippen LogP contribution in [0.1, 0.15) is 0 Å². The molecule has 51 valence electrons. The molecule has 0 saturated carbocycles. The van der Waals surface area contributed by atoms with Gasteiger partial charge in [-0.1, -0.05) is 0 Å². The zero-order chi connectivity index (χ0) is 3.58. The van der Waals surface area contributed by atoms with E-state index in [0.29, 0.717) is 0 Å². The van der Waals surface area contributed by atoms with Crippen LogP contribution in [0.25, 0.3) is 0 Å². The van der Waals surface area contributed by atoms with Gasteiger partial charge in [0.2, 0.25) is 0 Å². The fourth-order valence-electron chi connectivity index (χ4n) is 0. The largest absolute Gasteiger partial charge is 1.00 e. The fraction of sp³-hybridized carbons (Fsp3) is 0. The van der Waals surface area contributed by atoms with Crippen LogP contribution in [0.5, 0.6) is 0 Å². The van der Waals surface area contributed by atoms with Gasteiger partial charge < -0.3 is 26.0 Å². The minimum Gasteiger partial charge on any atom is -0.907 e. The Labute approximate surface area is 136 Å². The van der Waals surface area contributed by atoms with Crippen molar-refractivity contribution in [2.75, 3.05) is 0 Å². The van der Waals surface area contributed by atoms with E-state index in [4.69, 9.17) is 15.1 Å². The van der Waals surface area contributed by atoms with Crippen LogP contribution in [0.3, 0.4) is 0 Å². The van der Waals surface area contributed by atoms with Gasteiger partial charge >= 0.3 is 88.7 Å². The smallest absolute Gasteiger partial charge is 0.907 e. The molecule has 0 fully saturated rings. The number of hydrogen-bond acceptors (Lipinski definition) is 3. The summed E-state index contributed by atoms with van der Waals surface area (Å²) < 4.78 is 0. The van der Waals surface area contributed by atoms with E-state index in [-0.39, 0.29) is 117 Å². The van der Waals surface area contributed by atoms with E-state index in [9.17, 15) is 0 Å². The van der Waals surface area contributed by atoms with Gasteiger partial charge in [-0.15, -0.1) is 0 Å². The second kappa shape index (κ2) is 39.4. The molecule has 0 rings (SSSR count). The predicted octanol–water partition coefficient (Wildman–Crippen LogP) is -14.6. The van der Waals surface area contributed by atoms with E-state index in [2.05, 4.69) is 0 Å². The van der Waals surface area contributed by atoms with Crippen LogP contribution in [0.4, 0.5) is 0 Å². The second-order valence-corrected chi connectivity index (χ2v) is 0.289. The molecule has 1 radical (unpaired) electrons. The topological polar surface area (TPSA) is 132 Å². The van der Waals surface area contributed by atoms with Gasteiger partial charge in [0.15, 0.2) is 0 Å². The summed E-state index contributed by atoms with van der Waals surface area (Å²) in [6, 6.07) is 0. The summed E-state index contributed by atoms with van der Waals surface area (Å²) >= 11 is 0. The molecule has 10 heavy (non-hydrogen) atoms. The van der Waals surface area contributed by atoms with Crippen LogP contribution >= 0.6 is 0 Å². The first-order chi connectivity index (χ1) is 1.73. The summed E-state index contributed by atoms with van der Waals surface area (Å²) in [6.07, 6.45) is 0. The average molecular weight is 227 g/mol.